The summed E-state index contributed by atoms with van der Waals surface area (Å²) in [6, 6.07) is 7.54. The first-order valence-corrected chi connectivity index (χ1v) is 7.91. The summed E-state index contributed by atoms with van der Waals surface area (Å²) in [4.78, 5) is 0. The number of hydrogen-bond donors (Lipinski definition) is 1. The van der Waals surface area contributed by atoms with Crippen molar-refractivity contribution in [2.45, 2.75) is 57.4 Å². The Morgan fingerprint density at radius 1 is 1.05 bits per heavy atom. The summed E-state index contributed by atoms with van der Waals surface area (Å²) in [6.07, 6.45) is 6.95. The monoisotopic (exact) mass is 255 g/mol. The quantitative estimate of drug-likeness (QED) is 0.813. The molecular formula is C18H25N. The standard InChI is InChI=1S/C18H25N/c1-11-3-4-12(2)16(5-11)18-8-13-6-14(9-18)17(19)15(7-13)10-18/h3-5,13-15,17H,6-10,19H2,1-2H3. The van der Waals surface area contributed by atoms with Crippen molar-refractivity contribution in [2.75, 3.05) is 0 Å². The van der Waals surface area contributed by atoms with Gasteiger partial charge in [-0.3, -0.25) is 0 Å². The molecule has 4 saturated carbocycles. The molecule has 0 saturated heterocycles. The molecule has 2 N–H and O–H groups in total. The fourth-order valence-corrected chi connectivity index (χ4v) is 5.70. The number of hydrogen-bond acceptors (Lipinski definition) is 1. The molecule has 1 aromatic carbocycles. The van der Waals surface area contributed by atoms with Crippen LogP contribution in [0, 0.1) is 31.6 Å². The first kappa shape index (κ1) is 12.0. The highest BCUT2D eigenvalue weighted by atomic mass is 14.7. The van der Waals surface area contributed by atoms with Crippen molar-refractivity contribution in [3.63, 3.8) is 0 Å². The first-order chi connectivity index (χ1) is 9.07. The van der Waals surface area contributed by atoms with Gasteiger partial charge in [-0.1, -0.05) is 23.8 Å². The molecule has 1 nitrogen and oxygen atoms in total. The zero-order valence-corrected chi connectivity index (χ0v) is 12.2. The van der Waals surface area contributed by atoms with E-state index in [1.165, 1.54) is 43.2 Å². The SMILES string of the molecule is Cc1ccc(C)c(C23CC4CC(C2)C(N)C(C4)C3)c1. The number of rotatable bonds is 1. The molecule has 0 spiro atoms. The van der Waals surface area contributed by atoms with Crippen molar-refractivity contribution in [2.24, 2.45) is 23.5 Å². The van der Waals surface area contributed by atoms with Crippen LogP contribution in [0.5, 0.6) is 0 Å². The van der Waals surface area contributed by atoms with E-state index in [1.54, 1.807) is 5.56 Å². The molecule has 5 rings (SSSR count). The van der Waals surface area contributed by atoms with Gasteiger partial charge in [-0.05, 0) is 80.2 Å². The highest BCUT2D eigenvalue weighted by Gasteiger charge is 2.55. The molecule has 0 radical (unpaired) electrons. The highest BCUT2D eigenvalue weighted by Crippen LogP contribution is 2.60. The minimum absolute atomic E-state index is 0.475. The second kappa shape index (κ2) is 3.85. The van der Waals surface area contributed by atoms with E-state index in [4.69, 9.17) is 5.73 Å². The van der Waals surface area contributed by atoms with Gasteiger partial charge in [-0.25, -0.2) is 0 Å². The van der Waals surface area contributed by atoms with E-state index >= 15 is 0 Å². The van der Waals surface area contributed by atoms with Crippen LogP contribution < -0.4 is 5.73 Å². The van der Waals surface area contributed by atoms with Crippen LogP contribution >= 0.6 is 0 Å². The largest absolute Gasteiger partial charge is 0.327 e. The van der Waals surface area contributed by atoms with E-state index in [9.17, 15) is 0 Å². The Morgan fingerprint density at radius 2 is 1.74 bits per heavy atom. The Balaban J connectivity index is 1.80. The summed E-state index contributed by atoms with van der Waals surface area (Å²) in [6.45, 7) is 4.53. The van der Waals surface area contributed by atoms with Crippen LogP contribution in [-0.4, -0.2) is 6.04 Å². The van der Waals surface area contributed by atoms with Gasteiger partial charge in [0.15, 0.2) is 0 Å². The predicted molar refractivity (Wildman–Crippen MR) is 79.1 cm³/mol. The highest BCUT2D eigenvalue weighted by molar-refractivity contribution is 5.39. The van der Waals surface area contributed by atoms with E-state index in [0.29, 0.717) is 11.5 Å². The van der Waals surface area contributed by atoms with E-state index < -0.39 is 0 Å². The Hall–Kier alpha value is -0.820. The number of benzene rings is 1. The fraction of sp³-hybridized carbons (Fsp3) is 0.667. The average molecular weight is 255 g/mol. The summed E-state index contributed by atoms with van der Waals surface area (Å²) in [5, 5.41) is 0. The minimum atomic E-state index is 0.475. The predicted octanol–water partition coefficient (Wildman–Crippen LogP) is 3.71. The van der Waals surface area contributed by atoms with Crippen LogP contribution in [0.3, 0.4) is 0 Å². The summed E-state index contributed by atoms with van der Waals surface area (Å²) in [5.41, 5.74) is 11.5. The molecule has 4 aliphatic carbocycles. The fourth-order valence-electron chi connectivity index (χ4n) is 5.70. The van der Waals surface area contributed by atoms with E-state index in [2.05, 4.69) is 32.0 Å². The molecule has 19 heavy (non-hydrogen) atoms. The molecular weight excluding hydrogens is 230 g/mol. The lowest BCUT2D eigenvalue weighted by Crippen LogP contribution is -2.58. The maximum Gasteiger partial charge on any atom is 0.00964 e. The first-order valence-electron chi connectivity index (χ1n) is 7.91. The Morgan fingerprint density at radius 3 is 2.42 bits per heavy atom. The molecule has 4 fully saturated rings. The Bertz CT molecular complexity index is 502. The van der Waals surface area contributed by atoms with E-state index in [0.717, 1.165) is 17.8 Å². The van der Waals surface area contributed by atoms with Gasteiger partial charge in [0.1, 0.15) is 0 Å². The molecule has 0 aliphatic heterocycles. The van der Waals surface area contributed by atoms with Gasteiger partial charge in [0.05, 0.1) is 0 Å². The second-order valence-electron chi connectivity index (χ2n) is 7.65. The summed E-state index contributed by atoms with van der Waals surface area (Å²) in [5.74, 6) is 2.55. The Kier molecular flexibility index (Phi) is 2.42. The summed E-state index contributed by atoms with van der Waals surface area (Å²) >= 11 is 0. The third-order valence-electron chi connectivity index (χ3n) is 6.31. The number of nitrogens with two attached hydrogens (primary N) is 1. The van der Waals surface area contributed by atoms with Crippen molar-refractivity contribution in [1.82, 2.24) is 0 Å². The minimum Gasteiger partial charge on any atom is -0.327 e. The van der Waals surface area contributed by atoms with Crippen LogP contribution in [0.1, 0.15) is 48.8 Å². The normalized spacial score (nSPS) is 43.7. The molecule has 4 bridgehead atoms. The van der Waals surface area contributed by atoms with Gasteiger partial charge in [0, 0.05) is 6.04 Å². The van der Waals surface area contributed by atoms with Crippen LogP contribution in [0.2, 0.25) is 0 Å². The smallest absolute Gasteiger partial charge is 0.00964 e. The topological polar surface area (TPSA) is 26.0 Å². The van der Waals surface area contributed by atoms with Crippen LogP contribution in [0.25, 0.3) is 0 Å². The molecule has 1 heteroatoms. The molecule has 2 unspecified atom stereocenters. The van der Waals surface area contributed by atoms with Crippen molar-refractivity contribution in [1.29, 1.82) is 0 Å². The van der Waals surface area contributed by atoms with Gasteiger partial charge >= 0.3 is 0 Å². The summed E-state index contributed by atoms with van der Waals surface area (Å²) < 4.78 is 0. The lowest BCUT2D eigenvalue weighted by Gasteiger charge is -2.60. The Labute approximate surface area is 116 Å². The van der Waals surface area contributed by atoms with Crippen LogP contribution in [0.4, 0.5) is 0 Å². The van der Waals surface area contributed by atoms with Crippen molar-refractivity contribution < 1.29 is 0 Å². The zero-order chi connectivity index (χ0) is 13.2. The van der Waals surface area contributed by atoms with Crippen LogP contribution in [0.15, 0.2) is 18.2 Å². The van der Waals surface area contributed by atoms with Gasteiger partial charge in [-0.2, -0.15) is 0 Å². The van der Waals surface area contributed by atoms with E-state index in [-0.39, 0.29) is 0 Å². The molecule has 1 aromatic rings. The van der Waals surface area contributed by atoms with Crippen LogP contribution in [-0.2, 0) is 5.41 Å². The molecule has 102 valence electrons. The molecule has 0 aromatic heterocycles. The lowest BCUT2D eigenvalue weighted by atomic mass is 9.46. The van der Waals surface area contributed by atoms with Gasteiger partial charge < -0.3 is 5.73 Å². The second-order valence-corrected chi connectivity index (χ2v) is 7.65. The summed E-state index contributed by atoms with van der Waals surface area (Å²) in [7, 11) is 0. The molecule has 0 heterocycles. The van der Waals surface area contributed by atoms with Crippen molar-refractivity contribution in [3.05, 3.63) is 34.9 Å². The molecule has 0 amide bonds. The maximum absolute atomic E-state index is 6.47. The third kappa shape index (κ3) is 1.64. The van der Waals surface area contributed by atoms with Crippen molar-refractivity contribution in [3.8, 4) is 0 Å². The number of aryl methyl sites for hydroxylation is 2. The molecule has 4 aliphatic rings. The van der Waals surface area contributed by atoms with Crippen molar-refractivity contribution >= 4 is 0 Å². The van der Waals surface area contributed by atoms with Gasteiger partial charge in [0.2, 0.25) is 0 Å². The van der Waals surface area contributed by atoms with E-state index in [1.807, 2.05) is 0 Å². The van der Waals surface area contributed by atoms with Gasteiger partial charge in [-0.15, -0.1) is 0 Å². The molecule has 2 atom stereocenters. The van der Waals surface area contributed by atoms with Gasteiger partial charge in [0.25, 0.3) is 0 Å². The lowest BCUT2D eigenvalue weighted by molar-refractivity contribution is -0.0229. The average Bonchev–Trinajstić information content (AvgIpc) is 2.37. The third-order valence-corrected chi connectivity index (χ3v) is 6.31. The maximum atomic E-state index is 6.47. The zero-order valence-electron chi connectivity index (χ0n) is 12.2.